The van der Waals surface area contributed by atoms with Crippen molar-refractivity contribution in [2.45, 2.75) is 26.3 Å². The third-order valence-electron chi connectivity index (χ3n) is 2.26. The van der Waals surface area contributed by atoms with Crippen molar-refractivity contribution in [2.75, 3.05) is 0 Å². The van der Waals surface area contributed by atoms with Crippen LogP contribution in [0.3, 0.4) is 0 Å². The molecule has 0 radical (unpaired) electrons. The smallest absolute Gasteiger partial charge is 0.219 e. The van der Waals surface area contributed by atoms with Gasteiger partial charge in [-0.25, -0.2) is 0 Å². The second-order valence-corrected chi connectivity index (χ2v) is 3.64. The van der Waals surface area contributed by atoms with E-state index in [1.165, 1.54) is 0 Å². The molecule has 0 aliphatic heterocycles. The summed E-state index contributed by atoms with van der Waals surface area (Å²) < 4.78 is 0. The fourth-order valence-electron chi connectivity index (χ4n) is 1.49. The van der Waals surface area contributed by atoms with E-state index in [1.54, 1.807) is 0 Å². The Hall–Kier alpha value is -1.35. The van der Waals surface area contributed by atoms with Crippen LogP contribution in [0.1, 0.15) is 29.2 Å². The summed E-state index contributed by atoms with van der Waals surface area (Å²) in [6, 6.07) is 5.75. The summed E-state index contributed by atoms with van der Waals surface area (Å²) in [5.74, 6) is -0.363. The molecule has 0 heterocycles. The van der Waals surface area contributed by atoms with Crippen LogP contribution in [-0.4, -0.2) is 5.91 Å². The van der Waals surface area contributed by atoms with Crippen LogP contribution in [-0.2, 0) is 4.79 Å². The summed E-state index contributed by atoms with van der Waals surface area (Å²) in [4.78, 5) is 10.7. The van der Waals surface area contributed by atoms with E-state index >= 15 is 0 Å². The van der Waals surface area contributed by atoms with Crippen molar-refractivity contribution < 1.29 is 4.79 Å². The topological polar surface area (TPSA) is 69.1 Å². The monoisotopic (exact) mass is 192 g/mol. The van der Waals surface area contributed by atoms with Gasteiger partial charge in [0.1, 0.15) is 0 Å². The molecule has 76 valence electrons. The van der Waals surface area contributed by atoms with Crippen LogP contribution in [0.5, 0.6) is 0 Å². The molecule has 3 heteroatoms. The van der Waals surface area contributed by atoms with E-state index in [0.717, 1.165) is 16.7 Å². The van der Waals surface area contributed by atoms with Gasteiger partial charge in [0, 0.05) is 12.5 Å². The number of carbonyl (C=O) groups excluding carboxylic acids is 1. The van der Waals surface area contributed by atoms with Crippen LogP contribution in [0.25, 0.3) is 0 Å². The maximum absolute atomic E-state index is 10.7. The van der Waals surface area contributed by atoms with E-state index in [0.29, 0.717) is 0 Å². The molecular formula is C11H16N2O. The Bertz CT molecular complexity index is 347. The molecule has 4 N–H and O–H groups in total. The lowest BCUT2D eigenvalue weighted by Crippen LogP contribution is -2.21. The van der Waals surface area contributed by atoms with Crippen molar-refractivity contribution in [3.8, 4) is 0 Å². The Labute approximate surface area is 84.1 Å². The second kappa shape index (κ2) is 4.24. The van der Waals surface area contributed by atoms with Crippen LogP contribution < -0.4 is 11.5 Å². The molecule has 0 fully saturated rings. The minimum atomic E-state index is -0.363. The second-order valence-electron chi connectivity index (χ2n) is 3.64. The van der Waals surface area contributed by atoms with Crippen molar-refractivity contribution in [2.24, 2.45) is 11.5 Å². The highest BCUT2D eigenvalue weighted by molar-refractivity contribution is 5.74. The first kappa shape index (κ1) is 10.7. The first-order valence-electron chi connectivity index (χ1n) is 4.61. The van der Waals surface area contributed by atoms with Crippen molar-refractivity contribution in [1.82, 2.24) is 0 Å². The van der Waals surface area contributed by atoms with Gasteiger partial charge in [0.15, 0.2) is 0 Å². The Balaban J connectivity index is 2.93. The highest BCUT2D eigenvalue weighted by Gasteiger charge is 2.11. The number of carbonyl (C=O) groups is 1. The van der Waals surface area contributed by atoms with Gasteiger partial charge in [-0.2, -0.15) is 0 Å². The molecule has 1 unspecified atom stereocenters. The molecule has 1 rings (SSSR count). The van der Waals surface area contributed by atoms with Gasteiger partial charge in [0.25, 0.3) is 0 Å². The Morgan fingerprint density at radius 3 is 2.64 bits per heavy atom. The zero-order valence-electron chi connectivity index (χ0n) is 8.58. The van der Waals surface area contributed by atoms with Crippen LogP contribution in [0.15, 0.2) is 18.2 Å². The van der Waals surface area contributed by atoms with E-state index < -0.39 is 0 Å². The molecule has 3 nitrogen and oxygen atoms in total. The molecule has 0 spiro atoms. The lowest BCUT2D eigenvalue weighted by Gasteiger charge is -2.13. The average molecular weight is 192 g/mol. The van der Waals surface area contributed by atoms with E-state index in [1.807, 2.05) is 32.0 Å². The lowest BCUT2D eigenvalue weighted by atomic mass is 9.97. The van der Waals surface area contributed by atoms with E-state index in [9.17, 15) is 4.79 Å². The number of hydrogen-bond acceptors (Lipinski definition) is 2. The van der Waals surface area contributed by atoms with Gasteiger partial charge < -0.3 is 11.5 Å². The molecule has 0 saturated heterocycles. The normalized spacial score (nSPS) is 12.5. The SMILES string of the molecule is Cc1ccc(C)c(C(N)CC(N)=O)c1. The standard InChI is InChI=1S/C11H16N2O/c1-7-3-4-8(2)9(5-7)10(12)6-11(13)14/h3-5,10H,6,12H2,1-2H3,(H2,13,14). The molecular weight excluding hydrogens is 176 g/mol. The van der Waals surface area contributed by atoms with Crippen molar-refractivity contribution >= 4 is 5.91 Å². The summed E-state index contributed by atoms with van der Waals surface area (Å²) >= 11 is 0. The van der Waals surface area contributed by atoms with Gasteiger partial charge in [0.2, 0.25) is 5.91 Å². The number of primary amides is 1. The van der Waals surface area contributed by atoms with Gasteiger partial charge in [-0.1, -0.05) is 23.8 Å². The summed E-state index contributed by atoms with van der Waals surface area (Å²) in [5, 5.41) is 0. The molecule has 14 heavy (non-hydrogen) atoms. The van der Waals surface area contributed by atoms with Gasteiger partial charge in [-0.05, 0) is 25.0 Å². The number of nitrogens with two attached hydrogens (primary N) is 2. The molecule has 0 aliphatic carbocycles. The average Bonchev–Trinajstić information content (AvgIpc) is 2.08. The zero-order chi connectivity index (χ0) is 10.7. The Morgan fingerprint density at radius 1 is 1.43 bits per heavy atom. The van der Waals surface area contributed by atoms with Crippen LogP contribution in [0.4, 0.5) is 0 Å². The molecule has 0 saturated carbocycles. The lowest BCUT2D eigenvalue weighted by molar-refractivity contribution is -0.118. The summed E-state index contributed by atoms with van der Waals surface area (Å²) in [7, 11) is 0. The van der Waals surface area contributed by atoms with Gasteiger partial charge in [0.05, 0.1) is 0 Å². The van der Waals surface area contributed by atoms with E-state index in [2.05, 4.69) is 0 Å². The highest BCUT2D eigenvalue weighted by Crippen LogP contribution is 2.19. The molecule has 0 aliphatic rings. The highest BCUT2D eigenvalue weighted by atomic mass is 16.1. The van der Waals surface area contributed by atoms with Gasteiger partial charge >= 0.3 is 0 Å². The van der Waals surface area contributed by atoms with Gasteiger partial charge in [-0.3, -0.25) is 4.79 Å². The molecule has 1 aromatic carbocycles. The maximum atomic E-state index is 10.7. The quantitative estimate of drug-likeness (QED) is 0.755. The van der Waals surface area contributed by atoms with Crippen LogP contribution >= 0.6 is 0 Å². The van der Waals surface area contributed by atoms with Crippen molar-refractivity contribution in [1.29, 1.82) is 0 Å². The first-order chi connectivity index (χ1) is 6.50. The maximum Gasteiger partial charge on any atom is 0.219 e. The largest absolute Gasteiger partial charge is 0.370 e. The molecule has 1 amide bonds. The van der Waals surface area contributed by atoms with Crippen LogP contribution in [0, 0.1) is 13.8 Å². The number of hydrogen-bond donors (Lipinski definition) is 2. The fraction of sp³-hybridized carbons (Fsp3) is 0.364. The summed E-state index contributed by atoms with van der Waals surface area (Å²) in [6.45, 7) is 3.98. The molecule has 1 aromatic rings. The number of benzene rings is 1. The van der Waals surface area contributed by atoms with E-state index in [-0.39, 0.29) is 18.4 Å². The number of aryl methyl sites for hydroxylation is 2. The number of rotatable bonds is 3. The van der Waals surface area contributed by atoms with Gasteiger partial charge in [-0.15, -0.1) is 0 Å². The molecule has 1 atom stereocenters. The molecule has 0 aromatic heterocycles. The minimum absolute atomic E-state index is 0.199. The molecule has 0 bridgehead atoms. The first-order valence-corrected chi connectivity index (χ1v) is 4.61. The fourth-order valence-corrected chi connectivity index (χ4v) is 1.49. The van der Waals surface area contributed by atoms with Crippen molar-refractivity contribution in [3.63, 3.8) is 0 Å². The predicted octanol–water partition coefficient (Wildman–Crippen LogP) is 1.18. The third-order valence-corrected chi connectivity index (χ3v) is 2.26. The van der Waals surface area contributed by atoms with Crippen molar-refractivity contribution in [3.05, 3.63) is 34.9 Å². The predicted molar refractivity (Wildman–Crippen MR) is 56.7 cm³/mol. The van der Waals surface area contributed by atoms with Crippen LogP contribution in [0.2, 0.25) is 0 Å². The minimum Gasteiger partial charge on any atom is -0.370 e. The summed E-state index contributed by atoms with van der Waals surface area (Å²) in [6.07, 6.45) is 0.199. The zero-order valence-corrected chi connectivity index (χ0v) is 8.58. The Morgan fingerprint density at radius 2 is 2.07 bits per heavy atom. The Kier molecular flexibility index (Phi) is 3.25. The number of amides is 1. The van der Waals surface area contributed by atoms with E-state index in [4.69, 9.17) is 11.5 Å². The summed E-state index contributed by atoms with van der Waals surface area (Å²) in [5.41, 5.74) is 14.2. The third kappa shape index (κ3) is 2.57.